The molecule has 0 saturated carbocycles. The summed E-state index contributed by atoms with van der Waals surface area (Å²) in [6.45, 7) is 2.55. The summed E-state index contributed by atoms with van der Waals surface area (Å²) in [7, 11) is 0. The number of nitrogens with two attached hydrogens (primary N) is 1. The molecule has 0 aliphatic carbocycles. The average Bonchev–Trinajstić information content (AvgIpc) is 2.48. The number of halogens is 2. The molecule has 4 N–H and O–H groups in total. The predicted molar refractivity (Wildman–Crippen MR) is 87.5 cm³/mol. The summed E-state index contributed by atoms with van der Waals surface area (Å²) in [5.74, 6) is 0.0297. The molecule has 110 valence electrons. The van der Waals surface area contributed by atoms with Crippen LogP contribution in [0.25, 0.3) is 0 Å². The van der Waals surface area contributed by atoms with Crippen LogP contribution in [0.4, 0.5) is 5.69 Å². The Morgan fingerprint density at radius 3 is 2.67 bits per heavy atom. The Labute approximate surface area is 133 Å². The van der Waals surface area contributed by atoms with Crippen LogP contribution in [0.2, 0.25) is 10.0 Å². The smallest absolute Gasteiger partial charge is 0.170 e. The third-order valence-corrected chi connectivity index (χ3v) is 3.71. The summed E-state index contributed by atoms with van der Waals surface area (Å²) in [5.41, 5.74) is 9.07. The Morgan fingerprint density at radius 1 is 1.24 bits per heavy atom. The van der Waals surface area contributed by atoms with E-state index >= 15 is 0 Å². The van der Waals surface area contributed by atoms with Crippen molar-refractivity contribution in [2.75, 3.05) is 5.32 Å². The highest BCUT2D eigenvalue weighted by Gasteiger charge is 2.06. The van der Waals surface area contributed by atoms with Crippen molar-refractivity contribution in [2.24, 2.45) is 10.9 Å². The van der Waals surface area contributed by atoms with Crippen LogP contribution in [0.3, 0.4) is 0 Å². The molecule has 0 aliphatic heterocycles. The summed E-state index contributed by atoms with van der Waals surface area (Å²) in [5, 5.41) is 16.1. The zero-order valence-electron chi connectivity index (χ0n) is 11.4. The molecule has 0 aliphatic rings. The quantitative estimate of drug-likeness (QED) is 0.344. The fourth-order valence-electron chi connectivity index (χ4n) is 1.88. The van der Waals surface area contributed by atoms with E-state index in [2.05, 4.69) is 10.5 Å². The van der Waals surface area contributed by atoms with Gasteiger partial charge >= 0.3 is 0 Å². The lowest BCUT2D eigenvalue weighted by Gasteiger charge is -2.12. The maximum atomic E-state index is 8.65. The minimum Gasteiger partial charge on any atom is -0.409 e. The van der Waals surface area contributed by atoms with E-state index in [4.69, 9.17) is 34.1 Å². The molecule has 4 nitrogen and oxygen atoms in total. The van der Waals surface area contributed by atoms with Gasteiger partial charge in [0, 0.05) is 27.8 Å². The number of rotatable bonds is 4. The van der Waals surface area contributed by atoms with Crippen LogP contribution in [0.5, 0.6) is 0 Å². The molecular formula is C15H15Cl2N3O. The van der Waals surface area contributed by atoms with Gasteiger partial charge in [0.2, 0.25) is 0 Å². The molecule has 21 heavy (non-hydrogen) atoms. The normalized spacial score (nSPS) is 11.5. The van der Waals surface area contributed by atoms with Crippen LogP contribution in [0.15, 0.2) is 41.6 Å². The van der Waals surface area contributed by atoms with Gasteiger partial charge in [-0.1, -0.05) is 46.6 Å². The van der Waals surface area contributed by atoms with Crippen molar-refractivity contribution in [3.8, 4) is 0 Å². The molecule has 6 heteroatoms. The van der Waals surface area contributed by atoms with E-state index in [9.17, 15) is 0 Å². The first-order valence-corrected chi connectivity index (χ1v) is 7.03. The van der Waals surface area contributed by atoms with Crippen LogP contribution in [0, 0.1) is 6.92 Å². The van der Waals surface area contributed by atoms with E-state index in [0.29, 0.717) is 22.2 Å². The van der Waals surface area contributed by atoms with E-state index in [1.54, 1.807) is 12.1 Å². The van der Waals surface area contributed by atoms with Crippen molar-refractivity contribution in [3.63, 3.8) is 0 Å². The Bertz CT molecular complexity index is 687. The van der Waals surface area contributed by atoms with E-state index in [0.717, 1.165) is 16.8 Å². The molecule has 0 bridgehead atoms. The Morgan fingerprint density at radius 2 is 2.00 bits per heavy atom. The molecule has 0 heterocycles. The molecule has 2 aromatic rings. The predicted octanol–water partition coefficient (Wildman–Crippen LogP) is 4.01. The maximum absolute atomic E-state index is 8.65. The third kappa shape index (κ3) is 3.80. The van der Waals surface area contributed by atoms with E-state index < -0.39 is 0 Å². The number of anilines is 1. The second-order valence-corrected chi connectivity index (χ2v) is 5.45. The zero-order chi connectivity index (χ0) is 15.4. The zero-order valence-corrected chi connectivity index (χ0v) is 12.9. The summed E-state index contributed by atoms with van der Waals surface area (Å²) in [6, 6.07) is 10.9. The van der Waals surface area contributed by atoms with Crippen molar-refractivity contribution in [1.29, 1.82) is 0 Å². The van der Waals surface area contributed by atoms with Gasteiger partial charge in [0.1, 0.15) is 0 Å². The van der Waals surface area contributed by atoms with Crippen LogP contribution in [-0.4, -0.2) is 11.0 Å². The second-order valence-electron chi connectivity index (χ2n) is 4.60. The number of hydrogen-bond donors (Lipinski definition) is 3. The highest BCUT2D eigenvalue weighted by molar-refractivity contribution is 6.32. The minimum absolute atomic E-state index is 0.0297. The molecule has 2 aromatic carbocycles. The van der Waals surface area contributed by atoms with Gasteiger partial charge in [-0.15, -0.1) is 0 Å². The summed E-state index contributed by atoms with van der Waals surface area (Å²) >= 11 is 12.2. The summed E-state index contributed by atoms with van der Waals surface area (Å²) in [4.78, 5) is 0. The number of aryl methyl sites for hydroxylation is 1. The molecular weight excluding hydrogens is 309 g/mol. The SMILES string of the molecule is Cc1ccc(Cl)cc1NCc1ccc(/C(N)=N/O)cc1Cl. The fourth-order valence-corrected chi connectivity index (χ4v) is 2.30. The number of amidine groups is 1. The highest BCUT2D eigenvalue weighted by Crippen LogP contribution is 2.23. The Kier molecular flexibility index (Phi) is 4.94. The van der Waals surface area contributed by atoms with E-state index in [1.807, 2.05) is 31.2 Å². The number of hydrogen-bond acceptors (Lipinski definition) is 3. The van der Waals surface area contributed by atoms with Gasteiger partial charge in [-0.3, -0.25) is 0 Å². The fraction of sp³-hybridized carbons (Fsp3) is 0.133. The van der Waals surface area contributed by atoms with E-state index in [-0.39, 0.29) is 5.84 Å². The number of oxime groups is 1. The maximum Gasteiger partial charge on any atom is 0.170 e. The molecule has 0 fully saturated rings. The second kappa shape index (κ2) is 6.70. The minimum atomic E-state index is 0.0297. The third-order valence-electron chi connectivity index (χ3n) is 3.13. The van der Waals surface area contributed by atoms with Gasteiger partial charge in [0.25, 0.3) is 0 Å². The standard InChI is InChI=1S/C15H15Cl2N3O/c1-9-2-5-12(16)7-14(9)19-8-11-4-3-10(6-13(11)17)15(18)20-21/h2-7,19,21H,8H2,1H3,(H2,18,20). The van der Waals surface area contributed by atoms with Crippen molar-refractivity contribution in [2.45, 2.75) is 13.5 Å². The molecule has 0 amide bonds. The first-order valence-electron chi connectivity index (χ1n) is 6.27. The van der Waals surface area contributed by atoms with Crippen molar-refractivity contribution >= 4 is 34.7 Å². The molecule has 0 spiro atoms. The lowest BCUT2D eigenvalue weighted by Crippen LogP contribution is -2.13. The van der Waals surface area contributed by atoms with Crippen molar-refractivity contribution in [3.05, 3.63) is 63.1 Å². The lowest BCUT2D eigenvalue weighted by molar-refractivity contribution is 0.318. The molecule has 2 rings (SSSR count). The van der Waals surface area contributed by atoms with E-state index in [1.165, 1.54) is 0 Å². The topological polar surface area (TPSA) is 70.6 Å². The summed E-state index contributed by atoms with van der Waals surface area (Å²) in [6.07, 6.45) is 0. The van der Waals surface area contributed by atoms with Gasteiger partial charge in [-0.05, 0) is 36.2 Å². The van der Waals surface area contributed by atoms with Crippen molar-refractivity contribution in [1.82, 2.24) is 0 Å². The number of nitrogens with zero attached hydrogens (tertiary/aromatic N) is 1. The number of benzene rings is 2. The van der Waals surface area contributed by atoms with Crippen LogP contribution >= 0.6 is 23.2 Å². The van der Waals surface area contributed by atoms with Gasteiger partial charge in [0.15, 0.2) is 5.84 Å². The molecule has 0 aromatic heterocycles. The monoisotopic (exact) mass is 323 g/mol. The van der Waals surface area contributed by atoms with Gasteiger partial charge in [0.05, 0.1) is 0 Å². The van der Waals surface area contributed by atoms with Crippen molar-refractivity contribution < 1.29 is 5.21 Å². The highest BCUT2D eigenvalue weighted by atomic mass is 35.5. The first-order chi connectivity index (χ1) is 10.0. The summed E-state index contributed by atoms with van der Waals surface area (Å²) < 4.78 is 0. The molecule has 0 saturated heterocycles. The largest absolute Gasteiger partial charge is 0.409 e. The Balaban J connectivity index is 2.15. The first kappa shape index (κ1) is 15.5. The van der Waals surface area contributed by atoms with Gasteiger partial charge in [-0.2, -0.15) is 0 Å². The molecule has 0 radical (unpaired) electrons. The lowest BCUT2D eigenvalue weighted by atomic mass is 10.1. The average molecular weight is 324 g/mol. The van der Waals surface area contributed by atoms with Gasteiger partial charge in [-0.25, -0.2) is 0 Å². The van der Waals surface area contributed by atoms with Crippen LogP contribution in [-0.2, 0) is 6.54 Å². The van der Waals surface area contributed by atoms with Gasteiger partial charge < -0.3 is 16.3 Å². The molecule has 0 atom stereocenters. The van der Waals surface area contributed by atoms with Crippen LogP contribution in [0.1, 0.15) is 16.7 Å². The van der Waals surface area contributed by atoms with Crippen LogP contribution < -0.4 is 11.1 Å². The Hall–Kier alpha value is -1.91. The molecule has 0 unspecified atom stereocenters. The number of nitrogens with one attached hydrogen (secondary N) is 1.